The molecule has 1 heterocycles. The fourth-order valence-electron chi connectivity index (χ4n) is 1.82. The second kappa shape index (κ2) is 4.40. The number of aliphatic hydroxyl groups is 1. The Hall–Kier alpha value is -0.120. The molecular weight excluding hydrogens is 166 g/mol. The maximum Gasteiger partial charge on any atom is 0.0676 e. The van der Waals surface area contributed by atoms with Crippen LogP contribution in [0, 0.1) is 0 Å². The van der Waals surface area contributed by atoms with Gasteiger partial charge in [-0.1, -0.05) is 0 Å². The molecule has 1 unspecified atom stereocenters. The van der Waals surface area contributed by atoms with Crippen LogP contribution in [0.1, 0.15) is 26.7 Å². The highest BCUT2D eigenvalue weighted by Gasteiger charge is 2.38. The van der Waals surface area contributed by atoms with Gasteiger partial charge in [-0.2, -0.15) is 0 Å². The summed E-state index contributed by atoms with van der Waals surface area (Å²) in [6.07, 6.45) is 2.46. The summed E-state index contributed by atoms with van der Waals surface area (Å²) in [5, 5.41) is 9.38. The first-order valence-electron chi connectivity index (χ1n) is 5.04. The second-order valence-corrected chi connectivity index (χ2v) is 4.27. The van der Waals surface area contributed by atoms with E-state index >= 15 is 0 Å². The number of ether oxygens (including phenoxy) is 1. The summed E-state index contributed by atoms with van der Waals surface area (Å²) in [6, 6.07) is 0. The van der Waals surface area contributed by atoms with Crippen molar-refractivity contribution in [3.8, 4) is 0 Å². The van der Waals surface area contributed by atoms with E-state index in [0.717, 1.165) is 13.0 Å². The molecule has 0 amide bonds. The molecule has 3 nitrogen and oxygen atoms in total. The molecule has 1 atom stereocenters. The lowest BCUT2D eigenvalue weighted by Gasteiger charge is -2.34. The molecule has 1 fully saturated rings. The Bertz CT molecular complexity index is 161. The second-order valence-electron chi connectivity index (χ2n) is 4.27. The van der Waals surface area contributed by atoms with E-state index in [-0.39, 0.29) is 18.2 Å². The molecule has 1 aliphatic heterocycles. The predicted molar refractivity (Wildman–Crippen MR) is 52.8 cm³/mol. The number of nitrogens with zero attached hydrogens (tertiary/aromatic N) is 1. The van der Waals surface area contributed by atoms with Gasteiger partial charge in [-0.05, 0) is 40.3 Å². The predicted octanol–water partition coefficient (Wildman–Crippen LogP) is 0.868. The highest BCUT2D eigenvalue weighted by molar-refractivity contribution is 4.93. The SMILES string of the molecule is CC(C)OCC1(CO)CCCN1C. The third-order valence-corrected chi connectivity index (χ3v) is 2.93. The molecule has 0 saturated carbocycles. The number of likely N-dealkylation sites (tertiary alicyclic amines) is 1. The minimum Gasteiger partial charge on any atom is -0.394 e. The minimum absolute atomic E-state index is 0.107. The van der Waals surface area contributed by atoms with Crippen LogP contribution in [0.4, 0.5) is 0 Å². The van der Waals surface area contributed by atoms with E-state index in [1.165, 1.54) is 6.42 Å². The van der Waals surface area contributed by atoms with Gasteiger partial charge in [0.1, 0.15) is 0 Å². The Kier molecular flexibility index (Phi) is 3.71. The van der Waals surface area contributed by atoms with Gasteiger partial charge < -0.3 is 9.84 Å². The van der Waals surface area contributed by atoms with Gasteiger partial charge in [0.25, 0.3) is 0 Å². The summed E-state index contributed by atoms with van der Waals surface area (Å²) >= 11 is 0. The maximum absolute atomic E-state index is 9.38. The summed E-state index contributed by atoms with van der Waals surface area (Å²) in [5.41, 5.74) is -0.107. The average molecular weight is 187 g/mol. The van der Waals surface area contributed by atoms with Crippen LogP contribution in [0.5, 0.6) is 0 Å². The average Bonchev–Trinajstić information content (AvgIpc) is 2.45. The molecule has 0 radical (unpaired) electrons. The first-order valence-corrected chi connectivity index (χ1v) is 5.04. The van der Waals surface area contributed by atoms with E-state index in [9.17, 15) is 5.11 Å². The monoisotopic (exact) mass is 187 g/mol. The zero-order chi connectivity index (χ0) is 9.90. The zero-order valence-corrected chi connectivity index (χ0v) is 8.92. The van der Waals surface area contributed by atoms with Gasteiger partial charge in [-0.3, -0.25) is 4.90 Å². The van der Waals surface area contributed by atoms with Crippen LogP contribution < -0.4 is 0 Å². The molecule has 3 heteroatoms. The third kappa shape index (κ3) is 2.42. The number of rotatable bonds is 4. The van der Waals surface area contributed by atoms with Gasteiger partial charge in [0, 0.05) is 0 Å². The molecule has 0 spiro atoms. The van der Waals surface area contributed by atoms with Crippen molar-refractivity contribution >= 4 is 0 Å². The normalized spacial score (nSPS) is 30.2. The molecule has 78 valence electrons. The molecule has 0 aromatic rings. The summed E-state index contributed by atoms with van der Waals surface area (Å²) in [6.45, 7) is 5.98. The van der Waals surface area contributed by atoms with Crippen molar-refractivity contribution < 1.29 is 9.84 Å². The van der Waals surface area contributed by atoms with Crippen LogP contribution in [0.3, 0.4) is 0 Å². The number of hydrogen-bond donors (Lipinski definition) is 1. The van der Waals surface area contributed by atoms with Crippen LogP contribution in [0.15, 0.2) is 0 Å². The number of likely N-dealkylation sites (N-methyl/N-ethyl adjacent to an activating group) is 1. The molecule has 1 rings (SSSR count). The summed E-state index contributed by atoms with van der Waals surface area (Å²) in [4.78, 5) is 2.22. The lowest BCUT2D eigenvalue weighted by atomic mass is 9.99. The van der Waals surface area contributed by atoms with E-state index in [1.54, 1.807) is 0 Å². The molecule has 0 aromatic carbocycles. The zero-order valence-electron chi connectivity index (χ0n) is 8.92. The van der Waals surface area contributed by atoms with Gasteiger partial charge in [0.15, 0.2) is 0 Å². The minimum atomic E-state index is -0.107. The van der Waals surface area contributed by atoms with Crippen LogP contribution in [0.25, 0.3) is 0 Å². The maximum atomic E-state index is 9.38. The number of aliphatic hydroxyl groups excluding tert-OH is 1. The van der Waals surface area contributed by atoms with Crippen LogP contribution in [-0.4, -0.2) is 48.5 Å². The van der Waals surface area contributed by atoms with Crippen LogP contribution >= 0.6 is 0 Å². The van der Waals surface area contributed by atoms with Crippen molar-refractivity contribution in [1.82, 2.24) is 4.90 Å². The molecule has 0 bridgehead atoms. The highest BCUT2D eigenvalue weighted by atomic mass is 16.5. The van der Waals surface area contributed by atoms with Gasteiger partial charge in [0.2, 0.25) is 0 Å². The van der Waals surface area contributed by atoms with E-state index in [1.807, 2.05) is 13.8 Å². The highest BCUT2D eigenvalue weighted by Crippen LogP contribution is 2.27. The van der Waals surface area contributed by atoms with Crippen molar-refractivity contribution in [2.75, 3.05) is 26.8 Å². The Morgan fingerprint density at radius 1 is 1.54 bits per heavy atom. The fourth-order valence-corrected chi connectivity index (χ4v) is 1.82. The van der Waals surface area contributed by atoms with Crippen molar-refractivity contribution in [3.63, 3.8) is 0 Å². The van der Waals surface area contributed by atoms with E-state index in [4.69, 9.17) is 4.74 Å². The topological polar surface area (TPSA) is 32.7 Å². The van der Waals surface area contributed by atoms with Crippen LogP contribution in [0.2, 0.25) is 0 Å². The van der Waals surface area contributed by atoms with Gasteiger partial charge in [0.05, 0.1) is 24.9 Å². The lowest BCUT2D eigenvalue weighted by molar-refractivity contribution is -0.0299. The Labute approximate surface area is 80.7 Å². The largest absolute Gasteiger partial charge is 0.394 e. The Morgan fingerprint density at radius 3 is 2.62 bits per heavy atom. The summed E-state index contributed by atoms with van der Waals surface area (Å²) in [5.74, 6) is 0. The molecule has 0 aliphatic carbocycles. The summed E-state index contributed by atoms with van der Waals surface area (Å²) < 4.78 is 5.59. The lowest BCUT2D eigenvalue weighted by Crippen LogP contribution is -2.49. The van der Waals surface area contributed by atoms with Gasteiger partial charge in [-0.15, -0.1) is 0 Å². The van der Waals surface area contributed by atoms with E-state index < -0.39 is 0 Å². The van der Waals surface area contributed by atoms with Crippen molar-refractivity contribution in [1.29, 1.82) is 0 Å². The quantitative estimate of drug-likeness (QED) is 0.709. The first kappa shape index (κ1) is 11.0. The fraction of sp³-hybridized carbons (Fsp3) is 1.00. The number of hydrogen-bond acceptors (Lipinski definition) is 3. The van der Waals surface area contributed by atoms with Crippen molar-refractivity contribution in [2.45, 2.75) is 38.3 Å². The third-order valence-electron chi connectivity index (χ3n) is 2.93. The first-order chi connectivity index (χ1) is 6.10. The van der Waals surface area contributed by atoms with E-state index in [0.29, 0.717) is 6.61 Å². The van der Waals surface area contributed by atoms with Crippen molar-refractivity contribution in [3.05, 3.63) is 0 Å². The summed E-state index contributed by atoms with van der Waals surface area (Å²) in [7, 11) is 2.06. The van der Waals surface area contributed by atoms with Gasteiger partial charge >= 0.3 is 0 Å². The molecule has 1 saturated heterocycles. The molecule has 13 heavy (non-hydrogen) atoms. The van der Waals surface area contributed by atoms with Gasteiger partial charge in [-0.25, -0.2) is 0 Å². The van der Waals surface area contributed by atoms with E-state index in [2.05, 4.69) is 11.9 Å². The van der Waals surface area contributed by atoms with Crippen molar-refractivity contribution in [2.24, 2.45) is 0 Å². The smallest absolute Gasteiger partial charge is 0.0676 e. The molecule has 0 aromatic heterocycles. The standard InChI is InChI=1S/C10H21NO2/c1-9(2)13-8-10(7-12)5-4-6-11(10)3/h9,12H,4-8H2,1-3H3. The molecular formula is C10H21NO2. The molecule has 1 N–H and O–H groups in total. The van der Waals surface area contributed by atoms with Crippen LogP contribution in [-0.2, 0) is 4.74 Å². The molecule has 1 aliphatic rings. The Balaban J connectivity index is 2.49. The Morgan fingerprint density at radius 2 is 2.23 bits per heavy atom.